The van der Waals surface area contributed by atoms with Gasteiger partial charge in [0.2, 0.25) is 5.91 Å². The molecular weight excluding hydrogens is 370 g/mol. The third-order valence-electron chi connectivity index (χ3n) is 4.72. The number of nitrogens with one attached hydrogen (secondary N) is 1. The van der Waals surface area contributed by atoms with E-state index in [4.69, 9.17) is 15.2 Å². The Labute approximate surface area is 169 Å². The first-order chi connectivity index (χ1) is 13.8. The number of primary amides is 1. The highest BCUT2D eigenvalue weighted by Gasteiger charge is 2.19. The number of rotatable bonds is 6. The second-order valence-electron chi connectivity index (χ2n) is 6.56. The minimum Gasteiger partial charge on any atom is -0.497 e. The fourth-order valence-corrected chi connectivity index (χ4v) is 3.29. The first-order valence-electron chi connectivity index (χ1n) is 8.98. The number of carbonyl (C=O) groups excluding carboxylic acids is 2. The molecule has 2 amide bonds. The van der Waals surface area contributed by atoms with Gasteiger partial charge in [0.05, 0.1) is 25.5 Å². The van der Waals surface area contributed by atoms with Crippen molar-refractivity contribution in [2.24, 2.45) is 5.73 Å². The van der Waals surface area contributed by atoms with Gasteiger partial charge in [-0.15, -0.1) is 0 Å². The lowest BCUT2D eigenvalue weighted by Crippen LogP contribution is -2.16. The number of nitrogens with two attached hydrogens (primary N) is 1. The van der Waals surface area contributed by atoms with Gasteiger partial charge < -0.3 is 25.1 Å². The number of hydrogen-bond acceptors (Lipinski definition) is 4. The quantitative estimate of drug-likeness (QED) is 0.670. The molecule has 3 aromatic rings. The Kier molecular flexibility index (Phi) is 5.59. The summed E-state index contributed by atoms with van der Waals surface area (Å²) in [6, 6.07) is 14.1. The monoisotopic (exact) mass is 393 g/mol. The van der Waals surface area contributed by atoms with Gasteiger partial charge in [0.15, 0.2) is 0 Å². The molecule has 1 aromatic heterocycles. The van der Waals surface area contributed by atoms with Crippen molar-refractivity contribution in [2.75, 3.05) is 19.5 Å². The Balaban J connectivity index is 1.97. The average molecular weight is 393 g/mol. The Bertz CT molecular complexity index is 1090. The molecule has 0 aliphatic rings. The van der Waals surface area contributed by atoms with Gasteiger partial charge >= 0.3 is 0 Å². The number of methoxy groups -OCH3 is 2. The van der Waals surface area contributed by atoms with E-state index in [0.717, 1.165) is 22.8 Å². The summed E-state index contributed by atoms with van der Waals surface area (Å²) in [4.78, 5) is 24.5. The van der Waals surface area contributed by atoms with Gasteiger partial charge in [-0.1, -0.05) is 6.07 Å². The predicted octanol–water partition coefficient (Wildman–Crippen LogP) is 3.46. The molecule has 0 atom stereocenters. The van der Waals surface area contributed by atoms with E-state index in [1.54, 1.807) is 19.2 Å². The number of benzene rings is 2. The third kappa shape index (κ3) is 3.94. The SMILES string of the molecule is COc1cccc(-n2c(C)cc(C(=O)Nc3cc(C(N)=O)ccc3OC)c2C)c1. The number of aryl methyl sites for hydroxylation is 1. The Morgan fingerprint density at radius 1 is 1.00 bits per heavy atom. The summed E-state index contributed by atoms with van der Waals surface area (Å²) in [7, 11) is 3.10. The van der Waals surface area contributed by atoms with Crippen LogP contribution in [0.1, 0.15) is 32.1 Å². The van der Waals surface area contributed by atoms with Crippen LogP contribution in [0.15, 0.2) is 48.5 Å². The van der Waals surface area contributed by atoms with Crippen LogP contribution in [0.5, 0.6) is 11.5 Å². The number of carbonyl (C=O) groups is 2. The molecule has 7 nitrogen and oxygen atoms in total. The highest BCUT2D eigenvalue weighted by atomic mass is 16.5. The molecular formula is C22H23N3O4. The molecule has 29 heavy (non-hydrogen) atoms. The normalized spacial score (nSPS) is 10.5. The van der Waals surface area contributed by atoms with Gasteiger partial charge in [-0.25, -0.2) is 0 Å². The van der Waals surface area contributed by atoms with Crippen LogP contribution in [0.4, 0.5) is 5.69 Å². The van der Waals surface area contributed by atoms with Crippen LogP contribution in [-0.4, -0.2) is 30.6 Å². The first kappa shape index (κ1) is 20.0. The van der Waals surface area contributed by atoms with Gasteiger partial charge in [-0.05, 0) is 50.2 Å². The molecule has 1 heterocycles. The van der Waals surface area contributed by atoms with Gasteiger partial charge in [0, 0.05) is 28.7 Å². The lowest BCUT2D eigenvalue weighted by atomic mass is 10.1. The molecule has 0 saturated heterocycles. The van der Waals surface area contributed by atoms with Crippen LogP contribution in [-0.2, 0) is 0 Å². The smallest absolute Gasteiger partial charge is 0.257 e. The molecule has 150 valence electrons. The molecule has 7 heteroatoms. The molecule has 0 unspecified atom stereocenters. The van der Waals surface area contributed by atoms with E-state index >= 15 is 0 Å². The number of anilines is 1. The summed E-state index contributed by atoms with van der Waals surface area (Å²) < 4.78 is 12.6. The lowest BCUT2D eigenvalue weighted by molar-refractivity contribution is 0.0996. The Hall–Kier alpha value is -3.74. The largest absolute Gasteiger partial charge is 0.497 e. The van der Waals surface area contributed by atoms with Gasteiger partial charge in [-0.3, -0.25) is 9.59 Å². The van der Waals surface area contributed by atoms with Crippen molar-refractivity contribution in [1.29, 1.82) is 0 Å². The second-order valence-corrected chi connectivity index (χ2v) is 6.56. The zero-order valence-corrected chi connectivity index (χ0v) is 16.8. The maximum absolute atomic E-state index is 13.0. The van der Waals surface area contributed by atoms with E-state index < -0.39 is 5.91 Å². The number of aromatic nitrogens is 1. The molecule has 0 spiro atoms. The maximum Gasteiger partial charge on any atom is 0.257 e. The third-order valence-corrected chi connectivity index (χ3v) is 4.72. The van der Waals surface area contributed by atoms with Crippen LogP contribution < -0.4 is 20.5 Å². The summed E-state index contributed by atoms with van der Waals surface area (Å²) in [5, 5.41) is 2.82. The van der Waals surface area contributed by atoms with E-state index in [9.17, 15) is 9.59 Å². The summed E-state index contributed by atoms with van der Waals surface area (Å²) >= 11 is 0. The Morgan fingerprint density at radius 3 is 2.41 bits per heavy atom. The van der Waals surface area contributed by atoms with Crippen molar-refractivity contribution in [3.8, 4) is 17.2 Å². The molecule has 0 bridgehead atoms. The molecule has 0 aliphatic carbocycles. The van der Waals surface area contributed by atoms with Crippen LogP contribution in [0, 0.1) is 13.8 Å². The Morgan fingerprint density at radius 2 is 1.76 bits per heavy atom. The van der Waals surface area contributed by atoms with Gasteiger partial charge in [-0.2, -0.15) is 0 Å². The number of ether oxygens (including phenoxy) is 2. The molecule has 2 aromatic carbocycles. The highest BCUT2D eigenvalue weighted by molar-refractivity contribution is 6.07. The molecule has 3 N–H and O–H groups in total. The maximum atomic E-state index is 13.0. The average Bonchev–Trinajstić information content (AvgIpc) is 3.02. The molecule has 0 fully saturated rings. The highest BCUT2D eigenvalue weighted by Crippen LogP contribution is 2.28. The van der Waals surface area contributed by atoms with Crippen LogP contribution >= 0.6 is 0 Å². The minimum absolute atomic E-state index is 0.281. The van der Waals surface area contributed by atoms with E-state index in [-0.39, 0.29) is 11.5 Å². The minimum atomic E-state index is -0.584. The standard InChI is InChI=1S/C22H23N3O4/c1-13-10-18(14(2)25(13)16-6-5-7-17(12-16)28-3)22(27)24-19-11-15(21(23)26)8-9-20(19)29-4/h5-12H,1-4H3,(H2,23,26)(H,24,27). The lowest BCUT2D eigenvalue weighted by Gasteiger charge is -2.13. The van der Waals surface area contributed by atoms with Gasteiger partial charge in [0.1, 0.15) is 11.5 Å². The molecule has 0 radical (unpaired) electrons. The van der Waals surface area contributed by atoms with E-state index in [1.165, 1.54) is 13.2 Å². The van der Waals surface area contributed by atoms with Crippen molar-refractivity contribution in [2.45, 2.75) is 13.8 Å². The van der Waals surface area contributed by atoms with Crippen LogP contribution in [0.2, 0.25) is 0 Å². The number of hydrogen-bond donors (Lipinski definition) is 2. The molecule has 0 aliphatic heterocycles. The van der Waals surface area contributed by atoms with Crippen molar-refractivity contribution >= 4 is 17.5 Å². The predicted molar refractivity (Wildman–Crippen MR) is 111 cm³/mol. The first-order valence-corrected chi connectivity index (χ1v) is 8.98. The topological polar surface area (TPSA) is 95.6 Å². The summed E-state index contributed by atoms with van der Waals surface area (Å²) in [6.45, 7) is 3.80. The van der Waals surface area contributed by atoms with E-state index in [2.05, 4.69) is 5.32 Å². The molecule has 3 rings (SSSR count). The van der Waals surface area contributed by atoms with Crippen LogP contribution in [0.25, 0.3) is 5.69 Å². The van der Waals surface area contributed by atoms with Crippen molar-refractivity contribution in [3.63, 3.8) is 0 Å². The number of nitrogens with zero attached hydrogens (tertiary/aromatic N) is 1. The van der Waals surface area contributed by atoms with Crippen molar-refractivity contribution in [3.05, 3.63) is 71.0 Å². The molecule has 0 saturated carbocycles. The summed E-state index contributed by atoms with van der Waals surface area (Å²) in [5.74, 6) is 0.269. The zero-order chi connectivity index (χ0) is 21.1. The fraction of sp³-hybridized carbons (Fsp3) is 0.182. The second kappa shape index (κ2) is 8.10. The summed E-state index contributed by atoms with van der Waals surface area (Å²) in [6.07, 6.45) is 0. The van der Waals surface area contributed by atoms with E-state index in [0.29, 0.717) is 17.0 Å². The van der Waals surface area contributed by atoms with E-state index in [1.807, 2.05) is 48.7 Å². The number of amides is 2. The van der Waals surface area contributed by atoms with Crippen molar-refractivity contribution < 1.29 is 19.1 Å². The fourth-order valence-electron chi connectivity index (χ4n) is 3.29. The van der Waals surface area contributed by atoms with Crippen LogP contribution in [0.3, 0.4) is 0 Å². The zero-order valence-electron chi connectivity index (χ0n) is 16.8. The summed E-state index contributed by atoms with van der Waals surface area (Å²) in [5.41, 5.74) is 9.08. The van der Waals surface area contributed by atoms with Gasteiger partial charge in [0.25, 0.3) is 5.91 Å². The van der Waals surface area contributed by atoms with Crippen molar-refractivity contribution in [1.82, 2.24) is 4.57 Å².